The molecule has 16 rings (SSSR count). The predicted octanol–water partition coefficient (Wildman–Crippen LogP) is 20.7. The van der Waals surface area contributed by atoms with Crippen LogP contribution in [0, 0.1) is 0 Å². The van der Waals surface area contributed by atoms with Crippen molar-refractivity contribution in [3.05, 3.63) is 277 Å². The van der Waals surface area contributed by atoms with Gasteiger partial charge in [0.15, 0.2) is 0 Å². The molecule has 0 N–H and O–H groups in total. The monoisotopic (exact) mass is 982 g/mol. The Morgan fingerprint density at radius 3 is 1.21 bits per heavy atom. The quantitative estimate of drug-likeness (QED) is 0.0935. The van der Waals surface area contributed by atoms with Gasteiger partial charge >= 0.3 is 0 Å². The molecule has 0 saturated heterocycles. The van der Waals surface area contributed by atoms with Crippen LogP contribution in [0.15, 0.2) is 255 Å². The minimum atomic E-state index is -0.215. The van der Waals surface area contributed by atoms with Gasteiger partial charge in [-0.3, -0.25) is 0 Å². The zero-order valence-corrected chi connectivity index (χ0v) is 42.7. The average Bonchev–Trinajstić information content (AvgIpc) is 3.90. The second kappa shape index (κ2) is 16.6. The summed E-state index contributed by atoms with van der Waals surface area (Å²) in [6, 6.07) is 93.9. The zero-order valence-electron chi connectivity index (χ0n) is 42.7. The number of nitrogens with zero attached hydrogens (tertiary/aromatic N) is 4. The number of anilines is 12. The maximum Gasteiger partial charge on any atom is 0.0703 e. The summed E-state index contributed by atoms with van der Waals surface area (Å²) in [5, 5.41) is 10.2. The molecule has 0 atom stereocenters. The molecule has 0 aromatic heterocycles. The smallest absolute Gasteiger partial charge is 0.0703 e. The standard InChI is InChI=1S/C73H50N4/c1-73(2)60-45-47(36-40-53(60)54-42-39-51(46-61(54)73)76-65-29-11-9-27-63(65)74(49-19-5-3-6-20-49)64-28-10-12-30-66(64)76)35-37-48-38-41-57-56-25-18-26-59-62(44-43-58(72(56)59)55-24-17-23-52(48)71(55)57)77-69-33-15-13-31-67(69)75(50-21-7-4-8-22-50)68-32-14-16-34-70(68)77/h3-46H,1-2H3/b37-35+. The van der Waals surface area contributed by atoms with Crippen molar-refractivity contribution in [3.8, 4) is 11.1 Å². The topological polar surface area (TPSA) is 13.0 Å². The second-order valence-electron chi connectivity index (χ2n) is 21.3. The molecular formula is C73H50N4. The fourth-order valence-corrected chi connectivity index (χ4v) is 13.4. The summed E-state index contributed by atoms with van der Waals surface area (Å²) >= 11 is 0. The number of fused-ring (bicyclic) bond motifs is 9. The molecule has 13 aromatic rings. The lowest BCUT2D eigenvalue weighted by atomic mass is 9.81. The SMILES string of the molecule is CC1(C)c2cc(/C=C/c3ccc4c5cccc6c(N7c8ccccc8N(c8ccccc8)c8ccccc87)ccc(c7cccc3c47)c65)ccc2-c2ccc(N3c4ccccc4N(c4ccccc4)c4ccccc43)cc21. The number of para-hydroxylation sites is 10. The lowest BCUT2D eigenvalue weighted by Gasteiger charge is -2.40. The third-order valence-corrected chi connectivity index (χ3v) is 16.8. The van der Waals surface area contributed by atoms with Crippen molar-refractivity contribution in [1.29, 1.82) is 0 Å². The van der Waals surface area contributed by atoms with Gasteiger partial charge in [0, 0.05) is 27.9 Å². The van der Waals surface area contributed by atoms with E-state index in [9.17, 15) is 0 Å². The van der Waals surface area contributed by atoms with Gasteiger partial charge < -0.3 is 19.6 Å². The van der Waals surface area contributed by atoms with Gasteiger partial charge in [0.25, 0.3) is 0 Å². The van der Waals surface area contributed by atoms with E-state index in [-0.39, 0.29) is 5.41 Å². The maximum atomic E-state index is 2.47. The molecule has 3 aliphatic rings. The van der Waals surface area contributed by atoms with Crippen molar-refractivity contribution >= 4 is 123 Å². The Morgan fingerprint density at radius 2 is 0.675 bits per heavy atom. The molecule has 0 bridgehead atoms. The van der Waals surface area contributed by atoms with E-state index < -0.39 is 0 Å². The average molecular weight is 983 g/mol. The minimum Gasteiger partial charge on any atom is -0.306 e. The summed E-state index contributed by atoms with van der Waals surface area (Å²) in [5.74, 6) is 0. The van der Waals surface area contributed by atoms with E-state index in [4.69, 9.17) is 0 Å². The van der Waals surface area contributed by atoms with Gasteiger partial charge in [0.2, 0.25) is 0 Å². The summed E-state index contributed by atoms with van der Waals surface area (Å²) in [6.45, 7) is 4.78. The first kappa shape index (κ1) is 43.5. The van der Waals surface area contributed by atoms with Crippen LogP contribution >= 0.6 is 0 Å². The Balaban J connectivity index is 0.757. The highest BCUT2D eigenvalue weighted by Crippen LogP contribution is 2.58. The van der Waals surface area contributed by atoms with Crippen LogP contribution in [0.1, 0.15) is 36.1 Å². The van der Waals surface area contributed by atoms with Gasteiger partial charge in [-0.05, 0) is 162 Å². The van der Waals surface area contributed by atoms with Gasteiger partial charge in [0.05, 0.1) is 51.2 Å². The molecule has 0 amide bonds. The van der Waals surface area contributed by atoms with Crippen molar-refractivity contribution in [2.45, 2.75) is 19.3 Å². The number of benzene rings is 13. The first-order valence-corrected chi connectivity index (χ1v) is 26.8. The summed E-state index contributed by atoms with van der Waals surface area (Å²) in [5.41, 5.74) is 21.4. The van der Waals surface area contributed by atoms with Gasteiger partial charge in [-0.25, -0.2) is 0 Å². The highest BCUT2D eigenvalue weighted by atomic mass is 15.3. The van der Waals surface area contributed by atoms with Crippen molar-refractivity contribution in [2.24, 2.45) is 0 Å². The Bertz CT molecular complexity index is 4460. The molecule has 0 saturated carbocycles. The minimum absolute atomic E-state index is 0.215. The molecule has 4 heteroatoms. The van der Waals surface area contributed by atoms with Crippen LogP contribution in [0.25, 0.3) is 66.4 Å². The van der Waals surface area contributed by atoms with Gasteiger partial charge in [0.1, 0.15) is 0 Å². The fourth-order valence-electron chi connectivity index (χ4n) is 13.4. The largest absolute Gasteiger partial charge is 0.306 e. The second-order valence-corrected chi connectivity index (χ2v) is 21.3. The highest BCUT2D eigenvalue weighted by molar-refractivity contribution is 6.35. The third kappa shape index (κ3) is 6.33. The molecule has 0 fully saturated rings. The molecule has 4 nitrogen and oxygen atoms in total. The van der Waals surface area contributed by atoms with Crippen molar-refractivity contribution in [1.82, 2.24) is 0 Å². The summed E-state index contributed by atoms with van der Waals surface area (Å²) in [4.78, 5) is 9.70. The molecule has 2 aliphatic heterocycles. The molecule has 0 radical (unpaired) electrons. The lowest BCUT2D eigenvalue weighted by molar-refractivity contribution is 0.660. The van der Waals surface area contributed by atoms with Crippen molar-refractivity contribution in [2.75, 3.05) is 19.6 Å². The first-order chi connectivity index (χ1) is 38.0. The molecule has 362 valence electrons. The van der Waals surface area contributed by atoms with Crippen LogP contribution in [0.3, 0.4) is 0 Å². The van der Waals surface area contributed by atoms with E-state index in [0.717, 1.165) is 62.6 Å². The van der Waals surface area contributed by atoms with E-state index in [1.165, 1.54) is 82.2 Å². The molecule has 0 unspecified atom stereocenters. The lowest BCUT2D eigenvalue weighted by Crippen LogP contribution is -2.24. The molecule has 13 aromatic carbocycles. The Morgan fingerprint density at radius 1 is 0.273 bits per heavy atom. The first-order valence-electron chi connectivity index (χ1n) is 26.8. The number of hydrogen-bond acceptors (Lipinski definition) is 4. The normalized spacial score (nSPS) is 14.1. The predicted molar refractivity (Wildman–Crippen MR) is 326 cm³/mol. The highest BCUT2D eigenvalue weighted by Gasteiger charge is 2.38. The van der Waals surface area contributed by atoms with Gasteiger partial charge in [-0.15, -0.1) is 0 Å². The zero-order chi connectivity index (χ0) is 50.9. The molecule has 2 heterocycles. The van der Waals surface area contributed by atoms with Crippen LogP contribution in [-0.2, 0) is 5.41 Å². The van der Waals surface area contributed by atoms with Crippen LogP contribution in [0.4, 0.5) is 68.2 Å². The summed E-state index contributed by atoms with van der Waals surface area (Å²) < 4.78 is 0. The molecular weight excluding hydrogens is 933 g/mol. The summed E-state index contributed by atoms with van der Waals surface area (Å²) in [7, 11) is 0. The van der Waals surface area contributed by atoms with E-state index in [1.54, 1.807) is 0 Å². The van der Waals surface area contributed by atoms with Gasteiger partial charge in [-0.1, -0.05) is 190 Å². The molecule has 0 spiro atoms. The van der Waals surface area contributed by atoms with Crippen LogP contribution in [0.5, 0.6) is 0 Å². The molecule has 77 heavy (non-hydrogen) atoms. The van der Waals surface area contributed by atoms with E-state index in [0.29, 0.717) is 0 Å². The number of rotatable bonds is 6. The fraction of sp³-hybridized carbons (Fsp3) is 0.0411. The van der Waals surface area contributed by atoms with Crippen molar-refractivity contribution < 1.29 is 0 Å². The van der Waals surface area contributed by atoms with Crippen molar-refractivity contribution in [3.63, 3.8) is 0 Å². The van der Waals surface area contributed by atoms with Crippen LogP contribution in [-0.4, -0.2) is 0 Å². The van der Waals surface area contributed by atoms with Gasteiger partial charge in [-0.2, -0.15) is 0 Å². The van der Waals surface area contributed by atoms with E-state index in [2.05, 4.69) is 300 Å². The summed E-state index contributed by atoms with van der Waals surface area (Å²) in [6.07, 6.45) is 4.64. The third-order valence-electron chi connectivity index (χ3n) is 16.8. The van der Waals surface area contributed by atoms with Crippen LogP contribution < -0.4 is 19.6 Å². The number of hydrogen-bond donors (Lipinski definition) is 0. The Hall–Kier alpha value is -9.90. The van der Waals surface area contributed by atoms with E-state index in [1.807, 2.05) is 0 Å². The van der Waals surface area contributed by atoms with Crippen LogP contribution in [0.2, 0.25) is 0 Å². The Labute approximate surface area is 448 Å². The molecule has 1 aliphatic carbocycles. The Kier molecular flexibility index (Phi) is 9.35. The maximum absolute atomic E-state index is 2.47. The van der Waals surface area contributed by atoms with E-state index >= 15 is 0 Å².